The lowest BCUT2D eigenvalue weighted by Gasteiger charge is -2.25. The summed E-state index contributed by atoms with van der Waals surface area (Å²) in [6.07, 6.45) is 0.781. The monoisotopic (exact) mass is 469 g/mol. The summed E-state index contributed by atoms with van der Waals surface area (Å²) in [5.74, 6) is -0.0272. The molecule has 2 atom stereocenters. The van der Waals surface area contributed by atoms with Gasteiger partial charge in [-0.1, -0.05) is 42.5 Å². The summed E-state index contributed by atoms with van der Waals surface area (Å²) in [5, 5.41) is 11.4. The highest BCUT2D eigenvalue weighted by Gasteiger charge is 2.46. The molecule has 1 N–H and O–H groups in total. The fourth-order valence-electron chi connectivity index (χ4n) is 4.81. The Balaban J connectivity index is 1.60. The Morgan fingerprint density at radius 2 is 1.80 bits per heavy atom. The summed E-state index contributed by atoms with van der Waals surface area (Å²) in [6.45, 7) is 4.67. The molecule has 0 aliphatic carbocycles. The van der Waals surface area contributed by atoms with E-state index in [1.54, 1.807) is 12.1 Å². The Labute approximate surface area is 204 Å². The number of nitrogens with zero attached hydrogens (tertiary/aromatic N) is 1. The summed E-state index contributed by atoms with van der Waals surface area (Å²) in [6, 6.07) is 21.5. The molecule has 35 heavy (non-hydrogen) atoms. The maximum absolute atomic E-state index is 13.3. The quantitative estimate of drug-likeness (QED) is 0.311. The number of hydrogen-bond donors (Lipinski definition) is 1. The molecule has 6 heteroatoms. The molecule has 178 valence electrons. The van der Waals surface area contributed by atoms with Gasteiger partial charge in [-0.15, -0.1) is 0 Å². The minimum Gasteiger partial charge on any atom is -0.507 e. The van der Waals surface area contributed by atoms with E-state index in [1.165, 1.54) is 4.90 Å². The van der Waals surface area contributed by atoms with E-state index in [9.17, 15) is 14.7 Å². The molecule has 3 aromatic carbocycles. The van der Waals surface area contributed by atoms with Crippen molar-refractivity contribution in [1.29, 1.82) is 0 Å². The highest BCUT2D eigenvalue weighted by atomic mass is 16.5. The Morgan fingerprint density at radius 3 is 2.51 bits per heavy atom. The third-order valence-corrected chi connectivity index (χ3v) is 6.41. The van der Waals surface area contributed by atoms with Crippen LogP contribution in [-0.4, -0.2) is 34.4 Å². The number of rotatable bonds is 6. The van der Waals surface area contributed by atoms with E-state index in [1.807, 2.05) is 74.5 Å². The number of ether oxygens (including phenoxy) is 2. The number of benzene rings is 3. The molecule has 1 amide bonds. The van der Waals surface area contributed by atoms with Crippen molar-refractivity contribution >= 4 is 17.4 Å². The van der Waals surface area contributed by atoms with Crippen molar-refractivity contribution < 1.29 is 24.2 Å². The first-order valence-electron chi connectivity index (χ1n) is 11.8. The molecule has 5 rings (SSSR count). The van der Waals surface area contributed by atoms with Crippen molar-refractivity contribution in [3.05, 3.63) is 101 Å². The Morgan fingerprint density at radius 1 is 1.06 bits per heavy atom. The van der Waals surface area contributed by atoms with E-state index < -0.39 is 17.7 Å². The van der Waals surface area contributed by atoms with Gasteiger partial charge >= 0.3 is 0 Å². The van der Waals surface area contributed by atoms with Crippen LogP contribution in [0.15, 0.2) is 78.4 Å². The maximum Gasteiger partial charge on any atom is 0.295 e. The van der Waals surface area contributed by atoms with E-state index in [4.69, 9.17) is 9.47 Å². The van der Waals surface area contributed by atoms with Crippen molar-refractivity contribution in [2.24, 2.45) is 0 Å². The zero-order chi connectivity index (χ0) is 24.5. The van der Waals surface area contributed by atoms with Gasteiger partial charge in [0.2, 0.25) is 0 Å². The molecule has 2 aliphatic rings. The zero-order valence-electron chi connectivity index (χ0n) is 19.7. The van der Waals surface area contributed by atoms with Gasteiger partial charge in [-0.05, 0) is 60.9 Å². The summed E-state index contributed by atoms with van der Waals surface area (Å²) < 4.78 is 11.3. The smallest absolute Gasteiger partial charge is 0.295 e. The molecule has 1 saturated heterocycles. The fourth-order valence-corrected chi connectivity index (χ4v) is 4.81. The van der Waals surface area contributed by atoms with Crippen LogP contribution in [0, 0.1) is 0 Å². The molecule has 0 radical (unpaired) electrons. The van der Waals surface area contributed by atoms with Gasteiger partial charge in [0.1, 0.15) is 23.4 Å². The van der Waals surface area contributed by atoms with Crippen LogP contribution in [0.2, 0.25) is 0 Å². The van der Waals surface area contributed by atoms with Crippen molar-refractivity contribution in [2.45, 2.75) is 39.0 Å². The predicted octanol–water partition coefficient (Wildman–Crippen LogP) is 5.03. The number of hydrogen-bond acceptors (Lipinski definition) is 5. The van der Waals surface area contributed by atoms with Gasteiger partial charge in [0.25, 0.3) is 11.7 Å². The van der Waals surface area contributed by atoms with Crippen LogP contribution in [-0.2, 0) is 22.6 Å². The van der Waals surface area contributed by atoms with E-state index in [2.05, 4.69) is 0 Å². The number of aliphatic hydroxyl groups is 1. The van der Waals surface area contributed by atoms with Gasteiger partial charge in [0, 0.05) is 18.5 Å². The number of fused-ring (bicyclic) bond motifs is 1. The highest BCUT2D eigenvalue weighted by molar-refractivity contribution is 6.46. The third-order valence-electron chi connectivity index (χ3n) is 6.41. The average Bonchev–Trinajstić information content (AvgIpc) is 3.36. The van der Waals surface area contributed by atoms with Crippen LogP contribution >= 0.6 is 0 Å². The zero-order valence-corrected chi connectivity index (χ0v) is 19.7. The molecular weight excluding hydrogens is 442 g/mol. The van der Waals surface area contributed by atoms with E-state index in [0.717, 1.165) is 28.9 Å². The van der Waals surface area contributed by atoms with Gasteiger partial charge < -0.3 is 19.5 Å². The van der Waals surface area contributed by atoms with Crippen LogP contribution in [0.4, 0.5) is 0 Å². The number of likely N-dealkylation sites (tertiary alicyclic amines) is 1. The molecule has 0 bridgehead atoms. The average molecular weight is 470 g/mol. The molecule has 0 spiro atoms. The van der Waals surface area contributed by atoms with Crippen LogP contribution in [0.5, 0.6) is 11.5 Å². The maximum atomic E-state index is 13.3. The van der Waals surface area contributed by atoms with Crippen molar-refractivity contribution in [1.82, 2.24) is 4.90 Å². The van der Waals surface area contributed by atoms with E-state index >= 15 is 0 Å². The number of aliphatic hydroxyl groups excluding tert-OH is 1. The van der Waals surface area contributed by atoms with Crippen LogP contribution in [0.25, 0.3) is 5.76 Å². The van der Waals surface area contributed by atoms with Gasteiger partial charge in [-0.3, -0.25) is 9.59 Å². The topological polar surface area (TPSA) is 76.1 Å². The SMILES string of the molecule is CCOc1ccc([C@H]2/C(=C(\O)c3ccc4c(c3)C[C@@H](C)O4)C(=O)C(=O)N2Cc2ccccc2)cc1. The molecule has 1 fully saturated rings. The molecule has 3 aromatic rings. The van der Waals surface area contributed by atoms with Crippen LogP contribution in [0.1, 0.15) is 42.1 Å². The minimum absolute atomic E-state index is 0.0581. The van der Waals surface area contributed by atoms with Gasteiger partial charge in [-0.2, -0.15) is 0 Å². The van der Waals surface area contributed by atoms with E-state index in [-0.39, 0.29) is 24.0 Å². The molecule has 0 saturated carbocycles. The van der Waals surface area contributed by atoms with Crippen LogP contribution in [0.3, 0.4) is 0 Å². The largest absolute Gasteiger partial charge is 0.507 e. The number of Topliss-reactive ketones (excluding diaryl/α,β-unsaturated/α-hetero) is 1. The second-order valence-corrected chi connectivity index (χ2v) is 8.87. The summed E-state index contributed by atoms with van der Waals surface area (Å²) >= 11 is 0. The highest BCUT2D eigenvalue weighted by Crippen LogP contribution is 2.41. The Kier molecular flexibility index (Phi) is 6.03. The fraction of sp³-hybridized carbons (Fsp3) is 0.241. The molecule has 2 heterocycles. The van der Waals surface area contributed by atoms with Crippen LogP contribution < -0.4 is 9.47 Å². The normalized spacial score (nSPS) is 20.6. The van der Waals surface area contributed by atoms with Crippen molar-refractivity contribution in [2.75, 3.05) is 6.61 Å². The minimum atomic E-state index is -0.727. The Bertz CT molecular complexity index is 1300. The first kappa shape index (κ1) is 22.7. The first-order valence-corrected chi connectivity index (χ1v) is 11.8. The number of amides is 1. The molecule has 0 unspecified atom stereocenters. The molecule has 2 aliphatic heterocycles. The second kappa shape index (κ2) is 9.29. The third kappa shape index (κ3) is 4.28. The number of carbonyl (C=O) groups is 2. The lowest BCUT2D eigenvalue weighted by molar-refractivity contribution is -0.140. The summed E-state index contributed by atoms with van der Waals surface area (Å²) in [7, 11) is 0. The predicted molar refractivity (Wildman–Crippen MR) is 132 cm³/mol. The first-order chi connectivity index (χ1) is 17.0. The summed E-state index contributed by atoms with van der Waals surface area (Å²) in [4.78, 5) is 28.1. The molecule has 6 nitrogen and oxygen atoms in total. The standard InChI is InChI=1S/C29H27NO5/c1-3-34-23-12-9-20(10-13-23)26-25(27(31)21-11-14-24-22(16-21)15-18(2)35-24)28(32)29(33)30(26)17-19-7-5-4-6-8-19/h4-14,16,18,26,31H,3,15,17H2,1-2H3/b27-25+/t18-,26+/m1/s1. The number of ketones is 1. The number of carbonyl (C=O) groups excluding carboxylic acids is 2. The summed E-state index contributed by atoms with van der Waals surface area (Å²) in [5.41, 5.74) is 3.17. The van der Waals surface area contributed by atoms with Crippen molar-refractivity contribution in [3.8, 4) is 11.5 Å². The van der Waals surface area contributed by atoms with Gasteiger partial charge in [-0.25, -0.2) is 0 Å². The second-order valence-electron chi connectivity index (χ2n) is 8.87. The van der Waals surface area contributed by atoms with Gasteiger partial charge in [0.15, 0.2) is 0 Å². The van der Waals surface area contributed by atoms with Gasteiger partial charge in [0.05, 0.1) is 18.2 Å². The lowest BCUT2D eigenvalue weighted by Crippen LogP contribution is -2.29. The molecular formula is C29H27NO5. The lowest BCUT2D eigenvalue weighted by atomic mass is 9.94. The van der Waals surface area contributed by atoms with E-state index in [0.29, 0.717) is 17.9 Å². The van der Waals surface area contributed by atoms with Crippen molar-refractivity contribution in [3.63, 3.8) is 0 Å². The Hall–Kier alpha value is -4.06. The molecule has 0 aromatic heterocycles.